The van der Waals surface area contributed by atoms with Crippen LogP contribution in [0, 0.1) is 5.92 Å². The molecule has 27 heavy (non-hydrogen) atoms. The molecule has 0 aliphatic heterocycles. The summed E-state index contributed by atoms with van der Waals surface area (Å²) < 4.78 is 15.9. The normalized spacial score (nSPS) is 24.2. The van der Waals surface area contributed by atoms with Crippen LogP contribution >= 0.6 is 0 Å². The topological polar surface area (TPSA) is 114 Å². The summed E-state index contributed by atoms with van der Waals surface area (Å²) in [7, 11) is 3.04. The first kappa shape index (κ1) is 19.0. The molecule has 146 valence electrons. The first-order valence-electron chi connectivity index (χ1n) is 8.74. The summed E-state index contributed by atoms with van der Waals surface area (Å²) in [6, 6.07) is 5.18. The van der Waals surface area contributed by atoms with Crippen molar-refractivity contribution in [1.29, 1.82) is 0 Å². The number of ether oxygens (including phenoxy) is 3. The minimum atomic E-state index is -1.40. The SMILES string of the molecule is CCOC(=O)[C@@H]1[C@@H](c2ccc(OC)c(OC)c2)c2c([nH][nH]c2=O)C[C@]1(C)O. The summed E-state index contributed by atoms with van der Waals surface area (Å²) in [5, 5.41) is 16.4. The van der Waals surface area contributed by atoms with Gasteiger partial charge in [-0.05, 0) is 31.5 Å². The number of aromatic amines is 2. The lowest BCUT2D eigenvalue weighted by Crippen LogP contribution is -2.50. The molecule has 8 nitrogen and oxygen atoms in total. The number of benzene rings is 1. The van der Waals surface area contributed by atoms with Crippen LogP contribution in [0.2, 0.25) is 0 Å². The van der Waals surface area contributed by atoms with Crippen molar-refractivity contribution in [3.05, 3.63) is 45.4 Å². The largest absolute Gasteiger partial charge is 0.493 e. The standard InChI is InChI=1S/C19H24N2O6/c1-5-27-18(23)16-14(10-6-7-12(25-3)13(8-10)26-4)15-11(9-19(16,2)24)20-21-17(15)22/h6-8,14,16,24H,5,9H2,1-4H3,(H2,20,21,22)/t14-,16-,19-/m0/s1. The second kappa shape index (κ2) is 7.11. The Morgan fingerprint density at radius 1 is 1.26 bits per heavy atom. The van der Waals surface area contributed by atoms with E-state index in [0.29, 0.717) is 28.3 Å². The Balaban J connectivity index is 2.22. The van der Waals surface area contributed by atoms with Crippen molar-refractivity contribution in [3.8, 4) is 11.5 Å². The van der Waals surface area contributed by atoms with Gasteiger partial charge in [0, 0.05) is 23.6 Å². The summed E-state index contributed by atoms with van der Waals surface area (Å²) in [4.78, 5) is 25.2. The molecular weight excluding hydrogens is 352 g/mol. The van der Waals surface area contributed by atoms with Crippen molar-refractivity contribution in [2.75, 3.05) is 20.8 Å². The number of rotatable bonds is 5. The van der Waals surface area contributed by atoms with E-state index in [0.717, 1.165) is 0 Å². The van der Waals surface area contributed by atoms with Gasteiger partial charge < -0.3 is 24.4 Å². The van der Waals surface area contributed by atoms with E-state index >= 15 is 0 Å². The average molecular weight is 376 g/mol. The van der Waals surface area contributed by atoms with Gasteiger partial charge in [0.1, 0.15) is 0 Å². The fourth-order valence-electron chi connectivity index (χ4n) is 3.89. The maximum atomic E-state index is 12.8. The van der Waals surface area contributed by atoms with E-state index < -0.39 is 23.4 Å². The van der Waals surface area contributed by atoms with Gasteiger partial charge in [-0.25, -0.2) is 0 Å². The number of methoxy groups -OCH3 is 2. The third kappa shape index (κ3) is 3.21. The van der Waals surface area contributed by atoms with Crippen LogP contribution < -0.4 is 15.0 Å². The molecule has 0 spiro atoms. The fraction of sp³-hybridized carbons (Fsp3) is 0.474. The fourth-order valence-corrected chi connectivity index (χ4v) is 3.89. The zero-order valence-corrected chi connectivity index (χ0v) is 15.8. The van der Waals surface area contributed by atoms with Gasteiger partial charge in [0.05, 0.1) is 32.3 Å². The number of nitrogens with one attached hydrogen (secondary N) is 2. The Kier molecular flexibility index (Phi) is 5.01. The summed E-state index contributed by atoms with van der Waals surface area (Å²) in [5.41, 5.74) is -0.0777. The monoisotopic (exact) mass is 376 g/mol. The lowest BCUT2D eigenvalue weighted by molar-refractivity contribution is -0.159. The van der Waals surface area contributed by atoms with E-state index in [1.807, 2.05) is 0 Å². The summed E-state index contributed by atoms with van der Waals surface area (Å²) in [6.45, 7) is 3.46. The summed E-state index contributed by atoms with van der Waals surface area (Å²) >= 11 is 0. The first-order valence-corrected chi connectivity index (χ1v) is 8.74. The van der Waals surface area contributed by atoms with Crippen LogP contribution in [0.5, 0.6) is 11.5 Å². The molecule has 0 unspecified atom stereocenters. The molecule has 1 heterocycles. The Morgan fingerprint density at radius 2 is 1.96 bits per heavy atom. The van der Waals surface area contributed by atoms with Crippen molar-refractivity contribution < 1.29 is 24.1 Å². The van der Waals surface area contributed by atoms with E-state index in [1.165, 1.54) is 14.2 Å². The van der Waals surface area contributed by atoms with Crippen molar-refractivity contribution in [2.45, 2.75) is 31.8 Å². The molecule has 3 atom stereocenters. The van der Waals surface area contributed by atoms with E-state index in [4.69, 9.17) is 14.2 Å². The average Bonchev–Trinajstić information content (AvgIpc) is 2.99. The minimum Gasteiger partial charge on any atom is -0.493 e. The third-order valence-corrected chi connectivity index (χ3v) is 5.05. The maximum absolute atomic E-state index is 12.8. The molecule has 0 radical (unpaired) electrons. The van der Waals surface area contributed by atoms with Gasteiger partial charge in [0.15, 0.2) is 11.5 Å². The van der Waals surface area contributed by atoms with Crippen LogP contribution in [0.4, 0.5) is 0 Å². The lowest BCUT2D eigenvalue weighted by atomic mass is 9.66. The highest BCUT2D eigenvalue weighted by Crippen LogP contribution is 2.46. The minimum absolute atomic E-state index is 0.133. The quantitative estimate of drug-likeness (QED) is 0.679. The maximum Gasteiger partial charge on any atom is 0.312 e. The van der Waals surface area contributed by atoms with E-state index in [2.05, 4.69) is 10.2 Å². The predicted octanol–water partition coefficient (Wildman–Crippen LogP) is 1.34. The number of esters is 1. The van der Waals surface area contributed by atoms with Gasteiger partial charge in [0.25, 0.3) is 5.56 Å². The molecule has 0 fully saturated rings. The van der Waals surface area contributed by atoms with Crippen LogP contribution in [0.25, 0.3) is 0 Å². The van der Waals surface area contributed by atoms with Crippen LogP contribution in [0.15, 0.2) is 23.0 Å². The van der Waals surface area contributed by atoms with E-state index in [9.17, 15) is 14.7 Å². The molecule has 8 heteroatoms. The Labute approximate surface area is 156 Å². The van der Waals surface area contributed by atoms with E-state index in [1.54, 1.807) is 32.0 Å². The van der Waals surface area contributed by atoms with Crippen molar-refractivity contribution in [3.63, 3.8) is 0 Å². The number of fused-ring (bicyclic) bond motifs is 1. The van der Waals surface area contributed by atoms with Gasteiger partial charge in [-0.1, -0.05) is 6.07 Å². The number of aromatic nitrogens is 2. The van der Waals surface area contributed by atoms with Gasteiger partial charge in [-0.15, -0.1) is 0 Å². The molecular formula is C19H24N2O6. The van der Waals surface area contributed by atoms with Crippen LogP contribution in [-0.4, -0.2) is 47.7 Å². The van der Waals surface area contributed by atoms with Crippen molar-refractivity contribution in [1.82, 2.24) is 10.2 Å². The number of hydrogen-bond donors (Lipinski definition) is 3. The molecule has 1 aliphatic carbocycles. The van der Waals surface area contributed by atoms with Gasteiger partial charge in [-0.3, -0.25) is 14.7 Å². The zero-order valence-electron chi connectivity index (χ0n) is 15.8. The molecule has 0 saturated heterocycles. The number of carbonyl (C=O) groups is 1. The Morgan fingerprint density at radius 3 is 2.59 bits per heavy atom. The highest BCUT2D eigenvalue weighted by molar-refractivity contribution is 5.77. The molecule has 3 rings (SSSR count). The Hall–Kier alpha value is -2.74. The first-order chi connectivity index (χ1) is 12.8. The zero-order chi connectivity index (χ0) is 19.8. The van der Waals surface area contributed by atoms with Gasteiger partial charge in [-0.2, -0.15) is 0 Å². The molecule has 0 saturated carbocycles. The highest BCUT2D eigenvalue weighted by Gasteiger charge is 2.51. The van der Waals surface area contributed by atoms with E-state index in [-0.39, 0.29) is 18.6 Å². The molecule has 1 aromatic carbocycles. The summed E-state index contributed by atoms with van der Waals surface area (Å²) in [6.07, 6.45) is 0.133. The van der Waals surface area contributed by atoms with Crippen molar-refractivity contribution in [2.24, 2.45) is 5.92 Å². The van der Waals surface area contributed by atoms with Crippen LogP contribution in [0.1, 0.15) is 36.6 Å². The second-order valence-electron chi connectivity index (χ2n) is 6.83. The molecule has 1 aliphatic rings. The third-order valence-electron chi connectivity index (χ3n) is 5.05. The van der Waals surface area contributed by atoms with Gasteiger partial charge >= 0.3 is 5.97 Å². The molecule has 0 bridgehead atoms. The molecule has 3 N–H and O–H groups in total. The number of hydrogen-bond acceptors (Lipinski definition) is 6. The van der Waals surface area contributed by atoms with Crippen LogP contribution in [-0.2, 0) is 16.0 Å². The predicted molar refractivity (Wildman–Crippen MR) is 97.3 cm³/mol. The van der Waals surface area contributed by atoms with Gasteiger partial charge in [0.2, 0.25) is 0 Å². The Bertz CT molecular complexity index is 898. The van der Waals surface area contributed by atoms with Crippen molar-refractivity contribution >= 4 is 5.97 Å². The molecule has 1 aromatic heterocycles. The summed E-state index contributed by atoms with van der Waals surface area (Å²) in [5.74, 6) is -1.19. The van der Waals surface area contributed by atoms with Crippen LogP contribution in [0.3, 0.4) is 0 Å². The number of H-pyrrole nitrogens is 2. The molecule has 0 amide bonds. The number of aliphatic hydroxyl groups is 1. The smallest absolute Gasteiger partial charge is 0.312 e. The highest BCUT2D eigenvalue weighted by atomic mass is 16.5. The lowest BCUT2D eigenvalue weighted by Gasteiger charge is -2.40. The number of carbonyl (C=O) groups excluding carboxylic acids is 1. The molecule has 2 aromatic rings. The second-order valence-corrected chi connectivity index (χ2v) is 6.83.